The summed E-state index contributed by atoms with van der Waals surface area (Å²) in [6, 6.07) is 25.3. The van der Waals surface area contributed by atoms with Crippen LogP contribution in [-0.2, 0) is 10.0 Å². The van der Waals surface area contributed by atoms with Gasteiger partial charge < -0.3 is 4.98 Å². The van der Waals surface area contributed by atoms with Crippen LogP contribution in [0.25, 0.3) is 10.9 Å². The number of aromatic amines is 1. The number of benzene rings is 3. The van der Waals surface area contributed by atoms with Gasteiger partial charge in [0, 0.05) is 28.6 Å². The number of aliphatic imine (C=N–C) groups is 1. The smallest absolute Gasteiger partial charge is 0.263 e. The number of sulfonamides is 1. The van der Waals surface area contributed by atoms with Crippen LogP contribution in [0.15, 0.2) is 94.9 Å². The van der Waals surface area contributed by atoms with Crippen LogP contribution < -0.4 is 4.72 Å². The predicted molar refractivity (Wildman–Crippen MR) is 115 cm³/mol. The van der Waals surface area contributed by atoms with Crippen molar-refractivity contribution in [1.82, 2.24) is 9.71 Å². The third-order valence-electron chi connectivity index (χ3n) is 5.29. The quantitative estimate of drug-likeness (QED) is 0.542. The first-order chi connectivity index (χ1) is 14.1. The Kier molecular flexibility index (Phi) is 4.21. The molecule has 5 rings (SSSR count). The fourth-order valence-electron chi connectivity index (χ4n) is 3.88. The predicted octanol–water partition coefficient (Wildman–Crippen LogP) is 4.04. The molecular weight excluding hydrogens is 382 g/mol. The molecule has 0 amide bonds. The highest BCUT2D eigenvalue weighted by Gasteiger charge is 2.30. The molecule has 1 aromatic heterocycles. The Morgan fingerprint density at radius 1 is 0.862 bits per heavy atom. The number of nitrogens with one attached hydrogen (secondary N) is 2. The van der Waals surface area contributed by atoms with E-state index >= 15 is 0 Å². The van der Waals surface area contributed by atoms with Crippen LogP contribution in [0.3, 0.4) is 0 Å². The number of nitrogens with zero attached hydrogens (tertiary/aromatic N) is 1. The van der Waals surface area contributed by atoms with Crippen LogP contribution in [0, 0.1) is 0 Å². The molecule has 0 radical (unpaired) electrons. The van der Waals surface area contributed by atoms with Crippen molar-refractivity contribution in [3.63, 3.8) is 0 Å². The molecule has 0 saturated heterocycles. The first kappa shape index (κ1) is 17.7. The molecule has 0 fully saturated rings. The highest BCUT2D eigenvalue weighted by atomic mass is 32.2. The van der Waals surface area contributed by atoms with Gasteiger partial charge in [-0.15, -0.1) is 0 Å². The van der Waals surface area contributed by atoms with Crippen LogP contribution in [-0.4, -0.2) is 25.8 Å². The molecule has 0 spiro atoms. The lowest BCUT2D eigenvalue weighted by Crippen LogP contribution is -2.23. The Morgan fingerprint density at radius 3 is 2.45 bits per heavy atom. The third-order valence-corrected chi connectivity index (χ3v) is 6.69. The third kappa shape index (κ3) is 3.11. The number of hydrogen-bond acceptors (Lipinski definition) is 3. The summed E-state index contributed by atoms with van der Waals surface area (Å²) in [7, 11) is -3.54. The Labute approximate surface area is 169 Å². The largest absolute Gasteiger partial charge is 0.361 e. The van der Waals surface area contributed by atoms with Crippen molar-refractivity contribution in [1.29, 1.82) is 0 Å². The lowest BCUT2D eigenvalue weighted by molar-refractivity contribution is 0.595. The number of para-hydroxylation sites is 1. The minimum atomic E-state index is -3.54. The molecular formula is C23H19N3O2S. The molecule has 2 N–H and O–H groups in total. The normalized spacial score (nSPS) is 17.2. The molecule has 2 heterocycles. The Hall–Kier alpha value is -3.38. The minimum absolute atomic E-state index is 0.00267. The number of hydrogen-bond donors (Lipinski definition) is 2. The average Bonchev–Trinajstić information content (AvgIpc) is 3.28. The maximum absolute atomic E-state index is 12.4. The SMILES string of the molecule is O=S1(=O)NC(=NC[C@H](c2ccccc2)c2c[nH]c3ccccc23)c2ccccc21. The van der Waals surface area contributed by atoms with Gasteiger partial charge in [-0.2, -0.15) is 0 Å². The van der Waals surface area contributed by atoms with Crippen molar-refractivity contribution in [2.24, 2.45) is 4.99 Å². The fraction of sp³-hybridized carbons (Fsp3) is 0.0870. The summed E-state index contributed by atoms with van der Waals surface area (Å²) >= 11 is 0. The van der Waals surface area contributed by atoms with E-state index in [0.717, 1.165) is 22.0 Å². The van der Waals surface area contributed by atoms with Gasteiger partial charge in [0.05, 0.1) is 11.4 Å². The second kappa shape index (κ2) is 6.90. The van der Waals surface area contributed by atoms with Gasteiger partial charge in [0.1, 0.15) is 5.84 Å². The highest BCUT2D eigenvalue weighted by molar-refractivity contribution is 7.90. The van der Waals surface area contributed by atoms with Gasteiger partial charge in [-0.3, -0.25) is 9.71 Å². The Bertz CT molecular complexity index is 1320. The zero-order chi connectivity index (χ0) is 19.8. The molecule has 0 saturated carbocycles. The Balaban J connectivity index is 1.58. The molecule has 4 aromatic rings. The van der Waals surface area contributed by atoms with E-state index in [1.165, 1.54) is 0 Å². The van der Waals surface area contributed by atoms with Crippen LogP contribution in [0.2, 0.25) is 0 Å². The van der Waals surface area contributed by atoms with Gasteiger partial charge in [0.15, 0.2) is 0 Å². The van der Waals surface area contributed by atoms with E-state index in [0.29, 0.717) is 17.9 Å². The van der Waals surface area contributed by atoms with E-state index < -0.39 is 10.0 Å². The number of fused-ring (bicyclic) bond motifs is 2. The second-order valence-electron chi connectivity index (χ2n) is 7.04. The summed E-state index contributed by atoms with van der Waals surface area (Å²) in [6.07, 6.45) is 2.02. The number of aromatic nitrogens is 1. The van der Waals surface area contributed by atoms with E-state index in [1.54, 1.807) is 18.2 Å². The monoisotopic (exact) mass is 401 g/mol. The lowest BCUT2D eigenvalue weighted by atomic mass is 9.91. The van der Waals surface area contributed by atoms with Crippen LogP contribution in [0.4, 0.5) is 0 Å². The molecule has 3 aromatic carbocycles. The summed E-state index contributed by atoms with van der Waals surface area (Å²) < 4.78 is 27.4. The van der Waals surface area contributed by atoms with Crippen LogP contribution >= 0.6 is 0 Å². The Morgan fingerprint density at radius 2 is 1.59 bits per heavy atom. The van der Waals surface area contributed by atoms with E-state index in [9.17, 15) is 8.42 Å². The zero-order valence-electron chi connectivity index (χ0n) is 15.5. The van der Waals surface area contributed by atoms with Gasteiger partial charge in [-0.05, 0) is 29.3 Å². The van der Waals surface area contributed by atoms with E-state index in [2.05, 4.69) is 27.9 Å². The van der Waals surface area contributed by atoms with Gasteiger partial charge in [0.25, 0.3) is 10.0 Å². The van der Waals surface area contributed by atoms with Crippen LogP contribution in [0.5, 0.6) is 0 Å². The maximum Gasteiger partial charge on any atom is 0.263 e. The van der Waals surface area contributed by atoms with E-state index in [4.69, 9.17) is 4.99 Å². The highest BCUT2D eigenvalue weighted by Crippen LogP contribution is 2.32. The van der Waals surface area contributed by atoms with E-state index in [-0.39, 0.29) is 10.8 Å². The zero-order valence-corrected chi connectivity index (χ0v) is 16.4. The summed E-state index contributed by atoms with van der Waals surface area (Å²) in [5, 5.41) is 1.15. The second-order valence-corrected chi connectivity index (χ2v) is 8.69. The fourth-order valence-corrected chi connectivity index (χ4v) is 5.14. The molecule has 0 bridgehead atoms. The number of rotatable bonds is 4. The molecule has 1 aliphatic heterocycles. The first-order valence-electron chi connectivity index (χ1n) is 9.41. The summed E-state index contributed by atoms with van der Waals surface area (Å²) in [4.78, 5) is 8.33. The molecule has 1 aliphatic rings. The maximum atomic E-state index is 12.4. The summed E-state index contributed by atoms with van der Waals surface area (Å²) in [5.41, 5.74) is 3.97. The molecule has 0 unspecified atom stereocenters. The molecule has 6 heteroatoms. The van der Waals surface area contributed by atoms with Crippen molar-refractivity contribution in [2.45, 2.75) is 10.8 Å². The number of amidine groups is 1. The minimum Gasteiger partial charge on any atom is -0.361 e. The molecule has 1 atom stereocenters. The van der Waals surface area contributed by atoms with Gasteiger partial charge in [-0.25, -0.2) is 8.42 Å². The van der Waals surface area contributed by atoms with E-state index in [1.807, 2.05) is 48.7 Å². The van der Waals surface area contributed by atoms with Crippen molar-refractivity contribution in [3.8, 4) is 0 Å². The van der Waals surface area contributed by atoms with Crippen molar-refractivity contribution in [2.75, 3.05) is 6.54 Å². The molecule has 144 valence electrons. The van der Waals surface area contributed by atoms with Gasteiger partial charge in [-0.1, -0.05) is 60.7 Å². The molecule has 29 heavy (non-hydrogen) atoms. The molecule has 0 aliphatic carbocycles. The first-order valence-corrected chi connectivity index (χ1v) is 10.9. The lowest BCUT2D eigenvalue weighted by Gasteiger charge is -2.15. The summed E-state index contributed by atoms with van der Waals surface area (Å²) in [5.74, 6) is 0.401. The standard InChI is InChI=1S/C23H19N3O2S/c27-29(28)22-13-7-5-11-18(22)23(26-29)25-14-19(16-8-2-1-3-9-16)20-15-24-21-12-6-4-10-17(20)21/h1-13,15,19,24H,14H2,(H,25,26)/t19-/m1/s1. The topological polar surface area (TPSA) is 74.3 Å². The van der Waals surface area contributed by atoms with Crippen LogP contribution in [0.1, 0.15) is 22.6 Å². The molecule has 5 nitrogen and oxygen atoms in total. The average molecular weight is 401 g/mol. The van der Waals surface area contributed by atoms with Crippen molar-refractivity contribution >= 4 is 26.8 Å². The van der Waals surface area contributed by atoms with Crippen molar-refractivity contribution < 1.29 is 8.42 Å². The van der Waals surface area contributed by atoms with Gasteiger partial charge in [0.2, 0.25) is 0 Å². The number of H-pyrrole nitrogens is 1. The summed E-state index contributed by atoms with van der Waals surface area (Å²) in [6.45, 7) is 0.429. The van der Waals surface area contributed by atoms with Crippen molar-refractivity contribution in [3.05, 3.63) is 102 Å². The van der Waals surface area contributed by atoms with Gasteiger partial charge >= 0.3 is 0 Å².